The zero-order valence-corrected chi connectivity index (χ0v) is 12.1. The first-order valence-electron chi connectivity index (χ1n) is 6.95. The number of rotatable bonds is 5. The van der Waals surface area contributed by atoms with Gasteiger partial charge in [0.05, 0.1) is 0 Å². The van der Waals surface area contributed by atoms with Crippen molar-refractivity contribution in [2.45, 2.75) is 38.8 Å². The highest BCUT2D eigenvalue weighted by atomic mass is 15.0. The minimum atomic E-state index is -0.00451. The van der Waals surface area contributed by atoms with Crippen LogP contribution >= 0.6 is 0 Å². The topological polar surface area (TPSA) is 12.0 Å². The fraction of sp³-hybridized carbons (Fsp3) is 0.333. The van der Waals surface area contributed by atoms with E-state index in [2.05, 4.69) is 86.8 Å². The molecule has 0 amide bonds. The van der Waals surface area contributed by atoms with Crippen LogP contribution in [0.4, 0.5) is 0 Å². The Kier molecular flexibility index (Phi) is 4.39. The Morgan fingerprint density at radius 3 is 2.00 bits per heavy atom. The van der Waals surface area contributed by atoms with Crippen molar-refractivity contribution in [1.29, 1.82) is 0 Å². The largest absolute Gasteiger partial charge is 0.305 e. The summed E-state index contributed by atoms with van der Waals surface area (Å²) in [4.78, 5) is 0. The van der Waals surface area contributed by atoms with Crippen molar-refractivity contribution in [2.75, 3.05) is 0 Å². The molecule has 0 bridgehead atoms. The van der Waals surface area contributed by atoms with Crippen molar-refractivity contribution in [3.05, 3.63) is 71.8 Å². The SMILES string of the molecule is CC(Cc1ccccc1)NC(C)(C)c1ccccc1. The smallest absolute Gasteiger partial charge is 0.0379 e. The van der Waals surface area contributed by atoms with Gasteiger partial charge in [0.25, 0.3) is 0 Å². The van der Waals surface area contributed by atoms with Gasteiger partial charge in [0.1, 0.15) is 0 Å². The molecule has 0 aliphatic carbocycles. The summed E-state index contributed by atoms with van der Waals surface area (Å²) in [6, 6.07) is 21.7. The molecule has 0 saturated heterocycles. The Bertz CT molecular complexity index is 488. The fourth-order valence-electron chi connectivity index (χ4n) is 2.57. The van der Waals surface area contributed by atoms with Gasteiger partial charge in [-0.25, -0.2) is 0 Å². The molecule has 1 atom stereocenters. The van der Waals surface area contributed by atoms with Gasteiger partial charge in [-0.1, -0.05) is 60.7 Å². The molecule has 2 aromatic carbocycles. The first-order chi connectivity index (χ1) is 9.08. The molecule has 0 aromatic heterocycles. The number of hydrogen-bond acceptors (Lipinski definition) is 1. The lowest BCUT2D eigenvalue weighted by atomic mass is 9.92. The lowest BCUT2D eigenvalue weighted by Crippen LogP contribution is -2.43. The second kappa shape index (κ2) is 6.03. The summed E-state index contributed by atoms with van der Waals surface area (Å²) in [6.45, 7) is 6.73. The highest BCUT2D eigenvalue weighted by Crippen LogP contribution is 2.20. The third kappa shape index (κ3) is 3.93. The highest BCUT2D eigenvalue weighted by molar-refractivity contribution is 5.23. The van der Waals surface area contributed by atoms with Crippen molar-refractivity contribution < 1.29 is 0 Å². The third-order valence-electron chi connectivity index (χ3n) is 3.49. The van der Waals surface area contributed by atoms with E-state index >= 15 is 0 Å². The van der Waals surface area contributed by atoms with E-state index in [0.717, 1.165) is 6.42 Å². The van der Waals surface area contributed by atoms with Gasteiger partial charge in [0.15, 0.2) is 0 Å². The molecular formula is C18H23N. The lowest BCUT2D eigenvalue weighted by Gasteiger charge is -2.31. The summed E-state index contributed by atoms with van der Waals surface area (Å²) in [5.74, 6) is 0. The van der Waals surface area contributed by atoms with Crippen LogP contribution in [0.5, 0.6) is 0 Å². The van der Waals surface area contributed by atoms with Crippen LogP contribution in [-0.4, -0.2) is 6.04 Å². The molecule has 0 saturated carbocycles. The molecule has 2 rings (SSSR count). The van der Waals surface area contributed by atoms with Crippen LogP contribution < -0.4 is 5.32 Å². The van der Waals surface area contributed by atoms with E-state index in [1.807, 2.05) is 0 Å². The normalized spacial score (nSPS) is 13.2. The average Bonchev–Trinajstić information content (AvgIpc) is 2.40. The maximum Gasteiger partial charge on any atom is 0.0379 e. The van der Waals surface area contributed by atoms with Crippen molar-refractivity contribution in [3.8, 4) is 0 Å². The summed E-state index contributed by atoms with van der Waals surface area (Å²) < 4.78 is 0. The van der Waals surface area contributed by atoms with E-state index < -0.39 is 0 Å². The molecule has 0 aliphatic heterocycles. The first-order valence-corrected chi connectivity index (χ1v) is 6.95. The van der Waals surface area contributed by atoms with E-state index in [-0.39, 0.29) is 5.54 Å². The summed E-state index contributed by atoms with van der Waals surface area (Å²) in [6.07, 6.45) is 1.05. The molecular weight excluding hydrogens is 230 g/mol. The van der Waals surface area contributed by atoms with Crippen LogP contribution in [0.3, 0.4) is 0 Å². The van der Waals surface area contributed by atoms with Gasteiger partial charge in [-0.2, -0.15) is 0 Å². The molecule has 0 radical (unpaired) electrons. The summed E-state index contributed by atoms with van der Waals surface area (Å²) in [7, 11) is 0. The zero-order chi connectivity index (χ0) is 13.7. The Morgan fingerprint density at radius 2 is 1.42 bits per heavy atom. The summed E-state index contributed by atoms with van der Waals surface area (Å²) in [5, 5.41) is 3.72. The Hall–Kier alpha value is -1.60. The minimum absolute atomic E-state index is 0.00451. The van der Waals surface area contributed by atoms with Crippen molar-refractivity contribution >= 4 is 0 Å². The lowest BCUT2D eigenvalue weighted by molar-refractivity contribution is 0.351. The highest BCUT2D eigenvalue weighted by Gasteiger charge is 2.21. The van der Waals surface area contributed by atoms with E-state index in [1.165, 1.54) is 11.1 Å². The quantitative estimate of drug-likeness (QED) is 0.844. The molecule has 1 heteroatoms. The second-order valence-corrected chi connectivity index (χ2v) is 5.73. The number of benzene rings is 2. The number of nitrogens with one attached hydrogen (secondary N) is 1. The molecule has 0 fully saturated rings. The molecule has 1 unspecified atom stereocenters. The summed E-state index contributed by atoms with van der Waals surface area (Å²) in [5.41, 5.74) is 2.71. The first kappa shape index (κ1) is 13.8. The average molecular weight is 253 g/mol. The predicted molar refractivity (Wildman–Crippen MR) is 82.2 cm³/mol. The molecule has 0 spiro atoms. The van der Waals surface area contributed by atoms with Gasteiger partial charge >= 0.3 is 0 Å². The maximum atomic E-state index is 3.72. The van der Waals surface area contributed by atoms with Crippen LogP contribution in [0.15, 0.2) is 60.7 Å². The molecule has 100 valence electrons. The Balaban J connectivity index is 2.00. The standard InChI is InChI=1S/C18H23N/c1-15(14-16-10-6-4-7-11-16)19-18(2,3)17-12-8-5-9-13-17/h4-13,15,19H,14H2,1-3H3. The predicted octanol–water partition coefficient (Wildman–Crippen LogP) is 4.14. The number of hydrogen-bond donors (Lipinski definition) is 1. The monoisotopic (exact) mass is 253 g/mol. The van der Waals surface area contributed by atoms with Gasteiger partial charge in [0, 0.05) is 11.6 Å². The van der Waals surface area contributed by atoms with E-state index in [4.69, 9.17) is 0 Å². The van der Waals surface area contributed by atoms with Gasteiger partial charge in [0.2, 0.25) is 0 Å². The molecule has 19 heavy (non-hydrogen) atoms. The van der Waals surface area contributed by atoms with Crippen LogP contribution in [0.25, 0.3) is 0 Å². The second-order valence-electron chi connectivity index (χ2n) is 5.73. The Morgan fingerprint density at radius 1 is 0.895 bits per heavy atom. The fourth-order valence-corrected chi connectivity index (χ4v) is 2.57. The Labute approximate surface area is 116 Å². The van der Waals surface area contributed by atoms with E-state index in [0.29, 0.717) is 6.04 Å². The van der Waals surface area contributed by atoms with Crippen LogP contribution in [0.1, 0.15) is 31.9 Å². The van der Waals surface area contributed by atoms with Crippen LogP contribution in [-0.2, 0) is 12.0 Å². The van der Waals surface area contributed by atoms with E-state index in [1.54, 1.807) is 0 Å². The van der Waals surface area contributed by atoms with Gasteiger partial charge in [-0.15, -0.1) is 0 Å². The van der Waals surface area contributed by atoms with Crippen molar-refractivity contribution in [3.63, 3.8) is 0 Å². The maximum absolute atomic E-state index is 3.72. The molecule has 0 heterocycles. The third-order valence-corrected chi connectivity index (χ3v) is 3.49. The molecule has 2 aromatic rings. The van der Waals surface area contributed by atoms with E-state index in [9.17, 15) is 0 Å². The summed E-state index contributed by atoms with van der Waals surface area (Å²) >= 11 is 0. The van der Waals surface area contributed by atoms with Gasteiger partial charge in [-0.3, -0.25) is 0 Å². The minimum Gasteiger partial charge on any atom is -0.305 e. The van der Waals surface area contributed by atoms with Crippen molar-refractivity contribution in [1.82, 2.24) is 5.32 Å². The van der Waals surface area contributed by atoms with Gasteiger partial charge < -0.3 is 5.32 Å². The molecule has 1 nitrogen and oxygen atoms in total. The van der Waals surface area contributed by atoms with Crippen molar-refractivity contribution in [2.24, 2.45) is 0 Å². The molecule has 0 aliphatic rings. The van der Waals surface area contributed by atoms with Crippen LogP contribution in [0.2, 0.25) is 0 Å². The van der Waals surface area contributed by atoms with Gasteiger partial charge in [-0.05, 0) is 38.3 Å². The van der Waals surface area contributed by atoms with Crippen LogP contribution in [0, 0.1) is 0 Å². The molecule has 1 N–H and O–H groups in total. The zero-order valence-electron chi connectivity index (χ0n) is 12.1.